The van der Waals surface area contributed by atoms with Gasteiger partial charge in [-0.3, -0.25) is 10.2 Å². The van der Waals surface area contributed by atoms with Gasteiger partial charge in [-0.1, -0.05) is 12.1 Å². The maximum absolute atomic E-state index is 13.5. The fraction of sp³-hybridized carbons (Fsp3) is 0.333. The molecule has 0 bridgehead atoms. The molecule has 0 amide bonds. The highest BCUT2D eigenvalue weighted by Gasteiger charge is 2.17. The average Bonchev–Trinajstić information content (AvgIpc) is 3.27. The van der Waals surface area contributed by atoms with Crippen LogP contribution in [0.1, 0.15) is 23.2 Å². The van der Waals surface area contributed by atoms with E-state index in [0.717, 1.165) is 48.9 Å². The van der Waals surface area contributed by atoms with Crippen molar-refractivity contribution >= 4 is 16.8 Å². The van der Waals surface area contributed by atoms with Crippen molar-refractivity contribution in [2.24, 2.45) is 0 Å². The van der Waals surface area contributed by atoms with Gasteiger partial charge in [0, 0.05) is 24.7 Å². The quantitative estimate of drug-likeness (QED) is 0.664. The second-order valence-electron chi connectivity index (χ2n) is 7.18. The summed E-state index contributed by atoms with van der Waals surface area (Å²) in [6, 6.07) is 10.4. The molecule has 146 valence electrons. The Labute approximate surface area is 161 Å². The maximum atomic E-state index is 13.5. The first-order valence-corrected chi connectivity index (χ1v) is 9.47. The lowest BCUT2D eigenvalue weighted by Gasteiger charge is -2.15. The first-order valence-electron chi connectivity index (χ1n) is 9.47. The van der Waals surface area contributed by atoms with Gasteiger partial charge in [-0.15, -0.1) is 0 Å². The summed E-state index contributed by atoms with van der Waals surface area (Å²) >= 11 is 0. The second kappa shape index (κ2) is 7.67. The predicted octanol–water partition coefficient (Wildman–Crippen LogP) is 3.18. The zero-order chi connectivity index (χ0) is 19.7. The molecule has 5 nitrogen and oxygen atoms in total. The van der Waals surface area contributed by atoms with E-state index in [9.17, 15) is 13.6 Å². The van der Waals surface area contributed by atoms with Crippen LogP contribution in [0.15, 0.2) is 42.5 Å². The zero-order valence-corrected chi connectivity index (χ0v) is 15.5. The first-order chi connectivity index (χ1) is 13.5. The SMILES string of the molecule is N=c1n(CCN2CCCC2)c2ccccc2n1CC(=O)c1cc(F)cc(F)c1. The summed E-state index contributed by atoms with van der Waals surface area (Å²) in [4.78, 5) is 15.0. The maximum Gasteiger partial charge on any atom is 0.203 e. The van der Waals surface area contributed by atoms with Crippen molar-refractivity contribution in [3.63, 3.8) is 0 Å². The highest BCUT2D eigenvalue weighted by atomic mass is 19.1. The van der Waals surface area contributed by atoms with Crippen LogP contribution >= 0.6 is 0 Å². The van der Waals surface area contributed by atoms with Gasteiger partial charge in [-0.05, 0) is 50.2 Å². The number of para-hydroxylation sites is 2. The van der Waals surface area contributed by atoms with Crippen LogP contribution in [0, 0.1) is 17.0 Å². The molecule has 0 atom stereocenters. The molecule has 1 aliphatic rings. The molecule has 4 rings (SSSR count). The van der Waals surface area contributed by atoms with Crippen molar-refractivity contribution in [2.75, 3.05) is 19.6 Å². The molecule has 1 N–H and O–H groups in total. The van der Waals surface area contributed by atoms with Crippen molar-refractivity contribution < 1.29 is 13.6 Å². The van der Waals surface area contributed by atoms with Crippen LogP contribution in [-0.2, 0) is 13.1 Å². The summed E-state index contributed by atoms with van der Waals surface area (Å²) in [5.74, 6) is -2.00. The van der Waals surface area contributed by atoms with E-state index in [-0.39, 0.29) is 17.7 Å². The number of nitrogens with zero attached hydrogens (tertiary/aromatic N) is 3. The van der Waals surface area contributed by atoms with Gasteiger partial charge >= 0.3 is 0 Å². The van der Waals surface area contributed by atoms with Crippen molar-refractivity contribution in [1.82, 2.24) is 14.0 Å². The molecule has 3 aromatic rings. The van der Waals surface area contributed by atoms with Crippen LogP contribution in [0.5, 0.6) is 0 Å². The third kappa shape index (κ3) is 3.62. The van der Waals surface area contributed by atoms with E-state index in [2.05, 4.69) is 4.90 Å². The van der Waals surface area contributed by atoms with Crippen molar-refractivity contribution in [1.29, 1.82) is 5.41 Å². The molecule has 1 saturated heterocycles. The predicted molar refractivity (Wildman–Crippen MR) is 102 cm³/mol. The standard InChI is InChI=1S/C21H22F2N4O/c22-16-11-15(12-17(23)13-16)20(28)14-27-19-6-2-1-5-18(19)26(21(27)24)10-9-25-7-3-4-8-25/h1-2,5-6,11-13,24H,3-4,7-10,14H2. The van der Waals surface area contributed by atoms with Crippen molar-refractivity contribution in [3.8, 4) is 0 Å². The van der Waals surface area contributed by atoms with Crippen LogP contribution in [-0.4, -0.2) is 39.5 Å². The number of carbonyl (C=O) groups is 1. The van der Waals surface area contributed by atoms with Gasteiger partial charge in [0.15, 0.2) is 5.78 Å². The van der Waals surface area contributed by atoms with E-state index in [1.54, 1.807) is 4.57 Å². The van der Waals surface area contributed by atoms with E-state index in [0.29, 0.717) is 6.54 Å². The summed E-state index contributed by atoms with van der Waals surface area (Å²) in [7, 11) is 0. The minimum absolute atomic E-state index is 0.0294. The largest absolute Gasteiger partial charge is 0.309 e. The molecule has 1 aliphatic heterocycles. The molecule has 7 heteroatoms. The Morgan fingerprint density at radius 1 is 0.929 bits per heavy atom. The highest BCUT2D eigenvalue weighted by Crippen LogP contribution is 2.16. The van der Waals surface area contributed by atoms with Gasteiger partial charge in [0.2, 0.25) is 5.62 Å². The Balaban J connectivity index is 1.65. The molecule has 0 radical (unpaired) electrons. The van der Waals surface area contributed by atoms with E-state index < -0.39 is 17.4 Å². The molecule has 0 spiro atoms. The lowest BCUT2D eigenvalue weighted by atomic mass is 10.1. The van der Waals surface area contributed by atoms with Gasteiger partial charge in [0.1, 0.15) is 11.6 Å². The number of fused-ring (bicyclic) bond motifs is 1. The second-order valence-corrected chi connectivity index (χ2v) is 7.18. The molecule has 2 heterocycles. The number of Topliss-reactive ketones (excluding diaryl/α,β-unsaturated/α-hetero) is 1. The first kappa shape index (κ1) is 18.6. The molecule has 0 aliphatic carbocycles. The summed E-state index contributed by atoms with van der Waals surface area (Å²) in [5, 5.41) is 8.60. The van der Waals surface area contributed by atoms with E-state index in [4.69, 9.17) is 5.41 Å². The van der Waals surface area contributed by atoms with Crippen molar-refractivity contribution in [3.05, 3.63) is 65.3 Å². The molecule has 1 fully saturated rings. The Morgan fingerprint density at radius 2 is 1.54 bits per heavy atom. The lowest BCUT2D eigenvalue weighted by molar-refractivity contribution is 0.0970. The average molecular weight is 384 g/mol. The Hall–Kier alpha value is -2.80. The number of rotatable bonds is 6. The number of carbonyl (C=O) groups excluding carboxylic acids is 1. The fourth-order valence-electron chi connectivity index (χ4n) is 3.88. The number of nitrogens with one attached hydrogen (secondary N) is 1. The van der Waals surface area contributed by atoms with Gasteiger partial charge in [-0.25, -0.2) is 8.78 Å². The monoisotopic (exact) mass is 384 g/mol. The smallest absolute Gasteiger partial charge is 0.203 e. The highest BCUT2D eigenvalue weighted by molar-refractivity contribution is 5.96. The lowest BCUT2D eigenvalue weighted by Crippen LogP contribution is -2.31. The third-order valence-corrected chi connectivity index (χ3v) is 5.30. The van der Waals surface area contributed by atoms with Crippen LogP contribution in [0.3, 0.4) is 0 Å². The van der Waals surface area contributed by atoms with Crippen LogP contribution in [0.4, 0.5) is 8.78 Å². The number of benzene rings is 2. The Morgan fingerprint density at radius 3 is 2.18 bits per heavy atom. The molecule has 1 aromatic heterocycles. The van der Waals surface area contributed by atoms with E-state index >= 15 is 0 Å². The third-order valence-electron chi connectivity index (χ3n) is 5.30. The van der Waals surface area contributed by atoms with E-state index in [1.807, 2.05) is 28.8 Å². The molecule has 2 aromatic carbocycles. The van der Waals surface area contributed by atoms with Gasteiger partial charge in [-0.2, -0.15) is 0 Å². The van der Waals surface area contributed by atoms with Crippen LogP contribution in [0.2, 0.25) is 0 Å². The molecule has 0 saturated carbocycles. The Kier molecular flexibility index (Phi) is 5.09. The normalized spacial score (nSPS) is 14.8. The summed E-state index contributed by atoms with van der Waals surface area (Å²) in [6.07, 6.45) is 2.41. The van der Waals surface area contributed by atoms with Gasteiger partial charge in [0.05, 0.1) is 17.6 Å². The summed E-state index contributed by atoms with van der Waals surface area (Å²) in [6.45, 7) is 3.54. The number of likely N-dealkylation sites (tertiary alicyclic amines) is 1. The molecule has 0 unspecified atom stereocenters. The number of hydrogen-bond donors (Lipinski definition) is 1. The Bertz CT molecular complexity index is 1060. The van der Waals surface area contributed by atoms with E-state index in [1.165, 1.54) is 12.8 Å². The minimum atomic E-state index is -0.785. The number of aromatic nitrogens is 2. The number of imidazole rings is 1. The molecular weight excluding hydrogens is 362 g/mol. The molecule has 28 heavy (non-hydrogen) atoms. The van der Waals surface area contributed by atoms with Gasteiger partial charge < -0.3 is 14.0 Å². The summed E-state index contributed by atoms with van der Waals surface area (Å²) in [5.41, 5.74) is 1.83. The summed E-state index contributed by atoms with van der Waals surface area (Å²) < 4.78 is 30.4. The fourth-order valence-corrected chi connectivity index (χ4v) is 3.88. The number of ketones is 1. The zero-order valence-electron chi connectivity index (χ0n) is 15.5. The molecular formula is C21H22F2N4O. The topological polar surface area (TPSA) is 54.0 Å². The number of hydrogen-bond acceptors (Lipinski definition) is 3. The number of halogens is 2. The minimum Gasteiger partial charge on any atom is -0.309 e. The van der Waals surface area contributed by atoms with Crippen LogP contribution < -0.4 is 5.62 Å². The van der Waals surface area contributed by atoms with Crippen LogP contribution in [0.25, 0.3) is 11.0 Å². The van der Waals surface area contributed by atoms with Crippen molar-refractivity contribution in [2.45, 2.75) is 25.9 Å². The van der Waals surface area contributed by atoms with Gasteiger partial charge in [0.25, 0.3) is 0 Å².